The Hall–Kier alpha value is -3.35. The first-order valence-corrected chi connectivity index (χ1v) is 10.5. The van der Waals surface area contributed by atoms with Gasteiger partial charge in [0.1, 0.15) is 13.2 Å². The van der Waals surface area contributed by atoms with E-state index >= 15 is 0 Å². The molecule has 1 aromatic heterocycles. The topological polar surface area (TPSA) is 77.7 Å². The Bertz CT molecular complexity index is 1110. The molecule has 0 spiro atoms. The predicted octanol–water partition coefficient (Wildman–Crippen LogP) is 4.33. The Labute approximate surface area is 181 Å². The van der Waals surface area contributed by atoms with E-state index in [0.717, 1.165) is 11.3 Å². The second-order valence-corrected chi connectivity index (χ2v) is 9.02. The van der Waals surface area contributed by atoms with E-state index in [1.807, 2.05) is 30.3 Å². The van der Waals surface area contributed by atoms with Crippen LogP contribution in [0, 0.1) is 0 Å². The molecule has 0 radical (unpaired) electrons. The molecule has 1 amide bonds. The van der Waals surface area contributed by atoms with Crippen LogP contribution in [0.2, 0.25) is 0 Å². The molecule has 1 unspecified atom stereocenters. The van der Waals surface area contributed by atoms with E-state index in [9.17, 15) is 4.79 Å². The third kappa shape index (κ3) is 3.76. The van der Waals surface area contributed by atoms with Crippen LogP contribution in [0.25, 0.3) is 11.5 Å². The Morgan fingerprint density at radius 1 is 1.00 bits per heavy atom. The highest BCUT2D eigenvalue weighted by Crippen LogP contribution is 2.37. The lowest BCUT2D eigenvalue weighted by Crippen LogP contribution is -2.25. The van der Waals surface area contributed by atoms with Crippen LogP contribution < -0.4 is 14.4 Å². The molecule has 3 heterocycles. The van der Waals surface area contributed by atoms with Gasteiger partial charge < -0.3 is 18.9 Å². The lowest BCUT2D eigenvalue weighted by atomic mass is 9.87. The molecule has 160 valence electrons. The third-order valence-corrected chi connectivity index (χ3v) is 5.77. The zero-order chi connectivity index (χ0) is 21.6. The Morgan fingerprint density at radius 2 is 1.74 bits per heavy atom. The summed E-state index contributed by atoms with van der Waals surface area (Å²) in [5.41, 5.74) is 2.99. The van der Waals surface area contributed by atoms with Crippen molar-refractivity contribution in [2.24, 2.45) is 0 Å². The van der Waals surface area contributed by atoms with Crippen molar-refractivity contribution in [2.45, 2.75) is 38.5 Å². The van der Waals surface area contributed by atoms with Gasteiger partial charge in [0.25, 0.3) is 5.89 Å². The Balaban J connectivity index is 1.33. The summed E-state index contributed by atoms with van der Waals surface area (Å²) in [7, 11) is 0. The van der Waals surface area contributed by atoms with Gasteiger partial charge in [-0.05, 0) is 35.2 Å². The molecular weight excluding hydrogens is 394 g/mol. The molecule has 1 saturated heterocycles. The minimum absolute atomic E-state index is 0.0301. The Kier molecular flexibility index (Phi) is 4.68. The lowest BCUT2D eigenvalue weighted by molar-refractivity contribution is -0.117. The van der Waals surface area contributed by atoms with Crippen molar-refractivity contribution in [3.8, 4) is 23.0 Å². The van der Waals surface area contributed by atoms with Gasteiger partial charge in [-0.2, -0.15) is 4.98 Å². The van der Waals surface area contributed by atoms with E-state index in [0.29, 0.717) is 49.4 Å². The number of fused-ring (bicyclic) bond motifs is 1. The van der Waals surface area contributed by atoms with Gasteiger partial charge in [-0.15, -0.1) is 0 Å². The van der Waals surface area contributed by atoms with Crippen molar-refractivity contribution < 1.29 is 18.8 Å². The number of anilines is 1. The van der Waals surface area contributed by atoms with E-state index in [-0.39, 0.29) is 17.2 Å². The molecule has 0 N–H and O–H groups in total. The normalized spacial score (nSPS) is 18.5. The van der Waals surface area contributed by atoms with Gasteiger partial charge in [0.15, 0.2) is 17.3 Å². The fraction of sp³-hybridized carbons (Fsp3) is 0.375. The van der Waals surface area contributed by atoms with Crippen molar-refractivity contribution in [3.05, 3.63) is 53.9 Å². The zero-order valence-electron chi connectivity index (χ0n) is 17.9. The highest BCUT2D eigenvalue weighted by atomic mass is 16.6. The van der Waals surface area contributed by atoms with Gasteiger partial charge in [-0.3, -0.25) is 4.79 Å². The van der Waals surface area contributed by atoms with Crippen molar-refractivity contribution >= 4 is 11.6 Å². The monoisotopic (exact) mass is 419 g/mol. The molecule has 0 aliphatic carbocycles. The summed E-state index contributed by atoms with van der Waals surface area (Å²) in [4.78, 5) is 19.0. The number of amides is 1. The summed E-state index contributed by atoms with van der Waals surface area (Å²) in [6, 6.07) is 13.7. The molecule has 2 aliphatic heterocycles. The van der Waals surface area contributed by atoms with Crippen LogP contribution >= 0.6 is 0 Å². The quantitative estimate of drug-likeness (QED) is 0.629. The molecule has 7 nitrogen and oxygen atoms in total. The molecule has 1 atom stereocenters. The number of carbonyl (C=O) groups is 1. The number of carbonyl (C=O) groups excluding carboxylic acids is 1. The van der Waals surface area contributed by atoms with Crippen molar-refractivity contribution in [1.29, 1.82) is 0 Å². The molecule has 0 bridgehead atoms. The summed E-state index contributed by atoms with van der Waals surface area (Å²) in [6.45, 7) is 8.08. The maximum absolute atomic E-state index is 12.7. The van der Waals surface area contributed by atoms with Crippen LogP contribution in [0.4, 0.5) is 5.69 Å². The number of aromatic nitrogens is 2. The number of rotatable bonds is 3. The van der Waals surface area contributed by atoms with Crippen LogP contribution in [0.15, 0.2) is 47.0 Å². The fourth-order valence-corrected chi connectivity index (χ4v) is 3.96. The van der Waals surface area contributed by atoms with Gasteiger partial charge in [0.05, 0.1) is 0 Å². The molecule has 3 aromatic rings. The maximum Gasteiger partial charge on any atom is 0.257 e. The summed E-state index contributed by atoms with van der Waals surface area (Å²) in [6.07, 6.45) is 0.344. The molecule has 5 rings (SSSR count). The van der Waals surface area contributed by atoms with E-state index in [4.69, 9.17) is 14.0 Å². The van der Waals surface area contributed by atoms with Gasteiger partial charge >= 0.3 is 0 Å². The molecule has 31 heavy (non-hydrogen) atoms. The standard InChI is InChI=1S/C24H25N3O4/c1-24(2,3)17-6-4-15(5-7-17)23-25-22(26-31-23)16-12-21(28)27(14-16)18-8-9-19-20(13-18)30-11-10-29-19/h4-9,13,16H,10-12,14H2,1-3H3. The third-order valence-electron chi connectivity index (χ3n) is 5.77. The second-order valence-electron chi connectivity index (χ2n) is 9.02. The summed E-state index contributed by atoms with van der Waals surface area (Å²) >= 11 is 0. The number of ether oxygens (including phenoxy) is 2. The second kappa shape index (κ2) is 7.41. The number of hydrogen-bond acceptors (Lipinski definition) is 6. The average molecular weight is 419 g/mol. The highest BCUT2D eigenvalue weighted by Gasteiger charge is 2.35. The molecular formula is C24H25N3O4. The van der Waals surface area contributed by atoms with Gasteiger partial charge in [0.2, 0.25) is 5.91 Å². The molecule has 1 fully saturated rings. The van der Waals surface area contributed by atoms with Gasteiger partial charge in [0, 0.05) is 36.2 Å². The van der Waals surface area contributed by atoms with Crippen molar-refractivity contribution in [1.82, 2.24) is 10.1 Å². The molecule has 2 aromatic carbocycles. The van der Waals surface area contributed by atoms with Gasteiger partial charge in [-0.1, -0.05) is 38.1 Å². The van der Waals surface area contributed by atoms with Crippen molar-refractivity contribution in [3.63, 3.8) is 0 Å². The summed E-state index contributed by atoms with van der Waals surface area (Å²) in [5.74, 6) is 2.32. The zero-order valence-corrected chi connectivity index (χ0v) is 17.9. The largest absolute Gasteiger partial charge is 0.486 e. The highest BCUT2D eigenvalue weighted by molar-refractivity contribution is 5.96. The van der Waals surface area contributed by atoms with E-state index in [1.54, 1.807) is 4.90 Å². The van der Waals surface area contributed by atoms with Crippen LogP contribution in [0.1, 0.15) is 44.5 Å². The molecule has 2 aliphatic rings. The first-order chi connectivity index (χ1) is 14.9. The lowest BCUT2D eigenvalue weighted by Gasteiger charge is -2.22. The number of hydrogen-bond donors (Lipinski definition) is 0. The van der Waals surface area contributed by atoms with Crippen LogP contribution in [-0.4, -0.2) is 35.8 Å². The van der Waals surface area contributed by atoms with E-state index in [2.05, 4.69) is 43.0 Å². The smallest absolute Gasteiger partial charge is 0.257 e. The minimum Gasteiger partial charge on any atom is -0.486 e. The fourth-order valence-electron chi connectivity index (χ4n) is 3.96. The maximum atomic E-state index is 12.7. The first-order valence-electron chi connectivity index (χ1n) is 10.5. The first kappa shape index (κ1) is 19.6. The number of benzene rings is 2. The SMILES string of the molecule is CC(C)(C)c1ccc(-c2nc(C3CC(=O)N(c4ccc5c(c4)OCCO5)C3)no2)cc1. The van der Waals surface area contributed by atoms with Crippen molar-refractivity contribution in [2.75, 3.05) is 24.7 Å². The van der Waals surface area contributed by atoms with Crippen LogP contribution in [-0.2, 0) is 10.2 Å². The van der Waals surface area contributed by atoms with Crippen LogP contribution in [0.5, 0.6) is 11.5 Å². The molecule has 7 heteroatoms. The predicted molar refractivity (Wildman–Crippen MR) is 116 cm³/mol. The summed E-state index contributed by atoms with van der Waals surface area (Å²) in [5, 5.41) is 4.17. The van der Waals surface area contributed by atoms with E-state index < -0.39 is 0 Å². The van der Waals surface area contributed by atoms with Gasteiger partial charge in [-0.25, -0.2) is 0 Å². The van der Waals surface area contributed by atoms with Crippen LogP contribution in [0.3, 0.4) is 0 Å². The summed E-state index contributed by atoms with van der Waals surface area (Å²) < 4.78 is 16.7. The molecule has 0 saturated carbocycles. The Morgan fingerprint density at radius 3 is 2.48 bits per heavy atom. The van der Waals surface area contributed by atoms with E-state index in [1.165, 1.54) is 5.56 Å². The average Bonchev–Trinajstić information content (AvgIpc) is 3.40. The minimum atomic E-state index is -0.118. The number of nitrogens with zero attached hydrogens (tertiary/aromatic N) is 3.